The highest BCUT2D eigenvalue weighted by Crippen LogP contribution is 2.10. The molecule has 0 aliphatic heterocycles. The summed E-state index contributed by atoms with van der Waals surface area (Å²) in [6.45, 7) is 3.73. The van der Waals surface area contributed by atoms with Crippen LogP contribution in [-0.4, -0.2) is 47.1 Å². The summed E-state index contributed by atoms with van der Waals surface area (Å²) in [7, 11) is 3.59. The first-order valence-corrected chi connectivity index (χ1v) is 5.43. The van der Waals surface area contributed by atoms with Crippen molar-refractivity contribution in [2.24, 2.45) is 7.05 Å². The summed E-state index contributed by atoms with van der Waals surface area (Å²) >= 11 is 0. The Hall–Kier alpha value is -0.910. The second-order valence-corrected chi connectivity index (χ2v) is 4.30. The SMILES string of the molecule is COCCNCC(C)(O)Cc1nccn1C. The third-order valence-electron chi connectivity index (χ3n) is 2.45. The van der Waals surface area contributed by atoms with Crippen LogP contribution < -0.4 is 5.32 Å². The van der Waals surface area contributed by atoms with Crippen LogP contribution in [-0.2, 0) is 18.2 Å². The lowest BCUT2D eigenvalue weighted by molar-refractivity contribution is 0.0555. The molecular weight excluding hydrogens is 206 g/mol. The number of nitrogens with one attached hydrogen (secondary N) is 1. The van der Waals surface area contributed by atoms with Gasteiger partial charge in [0.05, 0.1) is 12.2 Å². The lowest BCUT2D eigenvalue weighted by atomic mass is 10.0. The van der Waals surface area contributed by atoms with E-state index in [4.69, 9.17) is 4.74 Å². The second-order valence-electron chi connectivity index (χ2n) is 4.30. The van der Waals surface area contributed by atoms with Gasteiger partial charge in [0.15, 0.2) is 0 Å². The Morgan fingerprint density at radius 2 is 2.38 bits per heavy atom. The second kappa shape index (κ2) is 5.98. The molecule has 1 rings (SSSR count). The number of rotatable bonds is 7. The number of imidazole rings is 1. The van der Waals surface area contributed by atoms with Gasteiger partial charge < -0.3 is 19.7 Å². The van der Waals surface area contributed by atoms with Gasteiger partial charge in [0, 0.05) is 46.1 Å². The van der Waals surface area contributed by atoms with Crippen LogP contribution in [0.5, 0.6) is 0 Å². The summed E-state index contributed by atoms with van der Waals surface area (Å²) in [6.07, 6.45) is 4.16. The fourth-order valence-corrected chi connectivity index (χ4v) is 1.50. The molecule has 1 unspecified atom stereocenters. The molecule has 1 aromatic rings. The summed E-state index contributed by atoms with van der Waals surface area (Å²) in [5, 5.41) is 13.3. The minimum absolute atomic E-state index is 0.531. The Morgan fingerprint density at radius 3 is 2.94 bits per heavy atom. The predicted octanol–water partition coefficient (Wildman–Crippen LogP) is -0.0504. The molecule has 0 saturated carbocycles. The van der Waals surface area contributed by atoms with Gasteiger partial charge in [0.2, 0.25) is 0 Å². The lowest BCUT2D eigenvalue weighted by Crippen LogP contribution is -2.41. The number of aromatic nitrogens is 2. The highest BCUT2D eigenvalue weighted by molar-refractivity contribution is 4.97. The van der Waals surface area contributed by atoms with Crippen LogP contribution in [0.3, 0.4) is 0 Å². The van der Waals surface area contributed by atoms with E-state index in [-0.39, 0.29) is 0 Å². The zero-order chi connectivity index (χ0) is 12.0. The Labute approximate surface area is 96.4 Å². The van der Waals surface area contributed by atoms with Crippen LogP contribution in [0.15, 0.2) is 12.4 Å². The van der Waals surface area contributed by atoms with Crippen LogP contribution >= 0.6 is 0 Å². The number of aliphatic hydroxyl groups is 1. The van der Waals surface area contributed by atoms with Gasteiger partial charge in [0.1, 0.15) is 5.82 Å². The molecule has 0 saturated heterocycles. The van der Waals surface area contributed by atoms with Gasteiger partial charge in [-0.15, -0.1) is 0 Å². The van der Waals surface area contributed by atoms with Crippen LogP contribution in [0.25, 0.3) is 0 Å². The molecule has 1 heterocycles. The molecule has 92 valence electrons. The number of nitrogens with zero attached hydrogens (tertiary/aromatic N) is 2. The van der Waals surface area contributed by atoms with E-state index in [0.717, 1.165) is 12.4 Å². The first-order valence-electron chi connectivity index (χ1n) is 5.43. The van der Waals surface area contributed by atoms with Crippen LogP contribution in [0.4, 0.5) is 0 Å². The summed E-state index contributed by atoms with van der Waals surface area (Å²) in [4.78, 5) is 4.20. The molecule has 1 aromatic heterocycles. The number of hydrogen-bond acceptors (Lipinski definition) is 4. The van der Waals surface area contributed by atoms with Crippen LogP contribution in [0, 0.1) is 0 Å². The number of hydrogen-bond donors (Lipinski definition) is 2. The third-order valence-corrected chi connectivity index (χ3v) is 2.45. The first kappa shape index (κ1) is 13.2. The number of aryl methyl sites for hydroxylation is 1. The van der Waals surface area contributed by atoms with Crippen LogP contribution in [0.2, 0.25) is 0 Å². The lowest BCUT2D eigenvalue weighted by Gasteiger charge is -2.23. The summed E-state index contributed by atoms with van der Waals surface area (Å²) < 4.78 is 6.84. The van der Waals surface area contributed by atoms with E-state index in [1.54, 1.807) is 13.3 Å². The molecule has 5 nitrogen and oxygen atoms in total. The number of ether oxygens (including phenoxy) is 1. The maximum absolute atomic E-state index is 10.2. The van der Waals surface area contributed by atoms with E-state index in [9.17, 15) is 5.11 Å². The van der Waals surface area contributed by atoms with Crippen molar-refractivity contribution >= 4 is 0 Å². The molecule has 0 amide bonds. The molecule has 16 heavy (non-hydrogen) atoms. The molecule has 0 bridgehead atoms. The molecule has 0 aliphatic rings. The minimum atomic E-state index is -0.785. The van der Waals surface area contributed by atoms with Gasteiger partial charge in [0.25, 0.3) is 0 Å². The minimum Gasteiger partial charge on any atom is -0.388 e. The summed E-state index contributed by atoms with van der Waals surface area (Å²) in [5.74, 6) is 0.888. The standard InChI is InChI=1S/C11H21N3O2/c1-11(15,9-12-5-7-16-3)8-10-13-4-6-14(10)2/h4,6,12,15H,5,7-9H2,1-3H3. The van der Waals surface area contributed by atoms with Crippen molar-refractivity contribution in [3.63, 3.8) is 0 Å². The van der Waals surface area contributed by atoms with Gasteiger partial charge in [-0.25, -0.2) is 4.98 Å². The Bertz CT molecular complexity index is 310. The summed E-state index contributed by atoms with van der Waals surface area (Å²) in [6, 6.07) is 0. The molecule has 2 N–H and O–H groups in total. The van der Waals surface area contributed by atoms with Crippen molar-refractivity contribution in [2.45, 2.75) is 18.9 Å². The van der Waals surface area contributed by atoms with Gasteiger partial charge in [-0.3, -0.25) is 0 Å². The van der Waals surface area contributed by atoms with Gasteiger partial charge in [-0.05, 0) is 6.92 Å². The van der Waals surface area contributed by atoms with Crippen molar-refractivity contribution in [1.29, 1.82) is 0 Å². The molecule has 0 aromatic carbocycles. The maximum atomic E-state index is 10.2. The molecule has 0 radical (unpaired) electrons. The predicted molar refractivity (Wildman–Crippen MR) is 62.3 cm³/mol. The van der Waals surface area contributed by atoms with E-state index in [0.29, 0.717) is 19.6 Å². The average molecular weight is 227 g/mol. The normalized spacial score (nSPS) is 15.0. The fourth-order valence-electron chi connectivity index (χ4n) is 1.50. The van der Waals surface area contributed by atoms with Crippen molar-refractivity contribution in [3.8, 4) is 0 Å². The van der Waals surface area contributed by atoms with Crippen molar-refractivity contribution in [3.05, 3.63) is 18.2 Å². The van der Waals surface area contributed by atoms with Crippen molar-refractivity contribution in [2.75, 3.05) is 26.8 Å². The van der Waals surface area contributed by atoms with Crippen LogP contribution in [0.1, 0.15) is 12.7 Å². The Balaban J connectivity index is 2.36. The van der Waals surface area contributed by atoms with Crippen molar-refractivity contribution < 1.29 is 9.84 Å². The topological polar surface area (TPSA) is 59.3 Å². The van der Waals surface area contributed by atoms with Gasteiger partial charge >= 0.3 is 0 Å². The van der Waals surface area contributed by atoms with E-state index in [2.05, 4.69) is 10.3 Å². The van der Waals surface area contributed by atoms with Gasteiger partial charge in [-0.2, -0.15) is 0 Å². The Kier molecular flexibility index (Phi) is 4.92. The van der Waals surface area contributed by atoms with E-state index < -0.39 is 5.60 Å². The quantitative estimate of drug-likeness (QED) is 0.641. The zero-order valence-corrected chi connectivity index (χ0v) is 10.2. The van der Waals surface area contributed by atoms with Crippen molar-refractivity contribution in [1.82, 2.24) is 14.9 Å². The molecule has 1 atom stereocenters. The molecule has 5 heteroatoms. The largest absolute Gasteiger partial charge is 0.388 e. The molecule has 0 aliphatic carbocycles. The van der Waals surface area contributed by atoms with E-state index >= 15 is 0 Å². The molecule has 0 spiro atoms. The summed E-state index contributed by atoms with van der Waals surface area (Å²) in [5.41, 5.74) is -0.785. The van der Waals surface area contributed by atoms with E-state index in [1.165, 1.54) is 0 Å². The Morgan fingerprint density at radius 1 is 1.62 bits per heavy atom. The smallest absolute Gasteiger partial charge is 0.111 e. The average Bonchev–Trinajstić information content (AvgIpc) is 2.59. The highest BCUT2D eigenvalue weighted by atomic mass is 16.5. The first-order chi connectivity index (χ1) is 7.55. The maximum Gasteiger partial charge on any atom is 0.111 e. The van der Waals surface area contributed by atoms with Gasteiger partial charge in [-0.1, -0.05) is 0 Å². The third kappa shape index (κ3) is 4.30. The fraction of sp³-hybridized carbons (Fsp3) is 0.727. The monoisotopic (exact) mass is 227 g/mol. The zero-order valence-electron chi connectivity index (χ0n) is 10.2. The number of methoxy groups -OCH3 is 1. The molecular formula is C11H21N3O2. The highest BCUT2D eigenvalue weighted by Gasteiger charge is 2.22. The molecule has 0 fully saturated rings. The van der Waals surface area contributed by atoms with E-state index in [1.807, 2.05) is 24.7 Å².